The average Bonchev–Trinajstić information content (AvgIpc) is 2.25. The quantitative estimate of drug-likeness (QED) is 0.741. The Kier molecular flexibility index (Phi) is 6.45. The maximum absolute atomic E-state index is 5.76. The third-order valence-corrected chi connectivity index (χ3v) is 3.30. The molecule has 0 aromatic heterocycles. The highest BCUT2D eigenvalue weighted by atomic mass is 16.5. The number of rotatable bonds is 7. The molecule has 0 aliphatic carbocycles. The van der Waals surface area contributed by atoms with Gasteiger partial charge in [0.15, 0.2) is 0 Å². The lowest BCUT2D eigenvalue weighted by Gasteiger charge is -2.39. The standard InChI is InChI=1S/C14H30N2O/c1-5-7-13(15-8-6-2)11-16-9-10-17-14(3,4)12-16/h13,15H,5-12H2,1-4H3. The van der Waals surface area contributed by atoms with E-state index in [2.05, 4.69) is 37.9 Å². The Labute approximate surface area is 107 Å². The monoisotopic (exact) mass is 242 g/mol. The molecule has 0 spiro atoms. The normalized spacial score (nSPS) is 22.6. The number of morpholine rings is 1. The van der Waals surface area contributed by atoms with E-state index in [9.17, 15) is 0 Å². The molecule has 102 valence electrons. The first-order valence-electron chi connectivity index (χ1n) is 7.17. The van der Waals surface area contributed by atoms with Crippen molar-refractivity contribution in [2.24, 2.45) is 0 Å². The maximum Gasteiger partial charge on any atom is 0.0753 e. The summed E-state index contributed by atoms with van der Waals surface area (Å²) in [5.74, 6) is 0. The fourth-order valence-electron chi connectivity index (χ4n) is 2.54. The van der Waals surface area contributed by atoms with Crippen molar-refractivity contribution in [1.29, 1.82) is 0 Å². The molecular formula is C14H30N2O. The van der Waals surface area contributed by atoms with E-state index >= 15 is 0 Å². The summed E-state index contributed by atoms with van der Waals surface area (Å²) in [5.41, 5.74) is 0.0276. The molecule has 1 unspecified atom stereocenters. The Morgan fingerprint density at radius 3 is 2.65 bits per heavy atom. The Balaban J connectivity index is 2.37. The van der Waals surface area contributed by atoms with Crippen molar-refractivity contribution in [2.75, 3.05) is 32.8 Å². The zero-order valence-corrected chi connectivity index (χ0v) is 12.1. The second-order valence-electron chi connectivity index (χ2n) is 5.78. The summed E-state index contributed by atoms with van der Waals surface area (Å²) in [6.45, 7) is 14.2. The lowest BCUT2D eigenvalue weighted by molar-refractivity contribution is -0.0876. The molecule has 1 saturated heterocycles. The van der Waals surface area contributed by atoms with Gasteiger partial charge in [0, 0.05) is 25.7 Å². The van der Waals surface area contributed by atoms with Gasteiger partial charge < -0.3 is 10.1 Å². The molecule has 0 bridgehead atoms. The second-order valence-corrected chi connectivity index (χ2v) is 5.78. The van der Waals surface area contributed by atoms with Crippen LogP contribution in [0.1, 0.15) is 47.0 Å². The van der Waals surface area contributed by atoms with Crippen LogP contribution < -0.4 is 5.32 Å². The van der Waals surface area contributed by atoms with Gasteiger partial charge >= 0.3 is 0 Å². The second kappa shape index (κ2) is 7.34. The molecule has 0 radical (unpaired) electrons. The van der Waals surface area contributed by atoms with E-state index in [1.54, 1.807) is 0 Å². The maximum atomic E-state index is 5.76. The highest BCUT2D eigenvalue weighted by Crippen LogP contribution is 2.17. The number of ether oxygens (including phenoxy) is 1. The molecule has 0 aromatic carbocycles. The van der Waals surface area contributed by atoms with Crippen molar-refractivity contribution >= 4 is 0 Å². The lowest BCUT2D eigenvalue weighted by Crippen LogP contribution is -2.52. The molecular weight excluding hydrogens is 212 g/mol. The third kappa shape index (κ3) is 5.84. The zero-order chi connectivity index (χ0) is 12.7. The van der Waals surface area contributed by atoms with Crippen LogP contribution >= 0.6 is 0 Å². The van der Waals surface area contributed by atoms with Crippen molar-refractivity contribution in [2.45, 2.75) is 58.6 Å². The van der Waals surface area contributed by atoms with E-state index < -0.39 is 0 Å². The number of hydrogen-bond acceptors (Lipinski definition) is 3. The van der Waals surface area contributed by atoms with Crippen LogP contribution in [0.4, 0.5) is 0 Å². The Morgan fingerprint density at radius 2 is 2.06 bits per heavy atom. The van der Waals surface area contributed by atoms with Crippen LogP contribution in [0, 0.1) is 0 Å². The van der Waals surface area contributed by atoms with Crippen molar-refractivity contribution in [3.63, 3.8) is 0 Å². The lowest BCUT2D eigenvalue weighted by atomic mass is 10.1. The van der Waals surface area contributed by atoms with Crippen LogP contribution in [0.5, 0.6) is 0 Å². The Bertz CT molecular complexity index is 206. The predicted octanol–water partition coefficient (Wildman–Crippen LogP) is 2.27. The molecule has 3 nitrogen and oxygen atoms in total. The van der Waals surface area contributed by atoms with Gasteiger partial charge in [-0.1, -0.05) is 20.3 Å². The summed E-state index contributed by atoms with van der Waals surface area (Å²) < 4.78 is 5.76. The average molecular weight is 242 g/mol. The molecule has 0 saturated carbocycles. The van der Waals surface area contributed by atoms with Crippen molar-refractivity contribution in [1.82, 2.24) is 10.2 Å². The summed E-state index contributed by atoms with van der Waals surface area (Å²) >= 11 is 0. The molecule has 1 N–H and O–H groups in total. The minimum absolute atomic E-state index is 0.0276. The fraction of sp³-hybridized carbons (Fsp3) is 1.00. The van der Waals surface area contributed by atoms with Crippen molar-refractivity contribution in [3.8, 4) is 0 Å². The first kappa shape index (κ1) is 14.9. The van der Waals surface area contributed by atoms with Crippen LogP contribution in [0.15, 0.2) is 0 Å². The number of nitrogens with zero attached hydrogens (tertiary/aromatic N) is 1. The molecule has 1 aliphatic rings. The zero-order valence-electron chi connectivity index (χ0n) is 12.1. The highest BCUT2D eigenvalue weighted by molar-refractivity contribution is 4.82. The van der Waals surface area contributed by atoms with Crippen LogP contribution in [0.25, 0.3) is 0 Å². The molecule has 1 aliphatic heterocycles. The van der Waals surface area contributed by atoms with E-state index in [1.807, 2.05) is 0 Å². The van der Waals surface area contributed by atoms with Gasteiger partial charge in [-0.15, -0.1) is 0 Å². The minimum Gasteiger partial charge on any atom is -0.373 e. The Morgan fingerprint density at radius 1 is 1.29 bits per heavy atom. The summed E-state index contributed by atoms with van der Waals surface area (Å²) in [7, 11) is 0. The van der Waals surface area contributed by atoms with Gasteiger partial charge in [0.2, 0.25) is 0 Å². The van der Waals surface area contributed by atoms with Gasteiger partial charge in [-0.2, -0.15) is 0 Å². The highest BCUT2D eigenvalue weighted by Gasteiger charge is 2.28. The molecule has 3 heteroatoms. The SMILES string of the molecule is CCCNC(CCC)CN1CCOC(C)(C)C1. The van der Waals surface area contributed by atoms with Crippen molar-refractivity contribution < 1.29 is 4.74 Å². The molecule has 1 atom stereocenters. The summed E-state index contributed by atoms with van der Waals surface area (Å²) in [6, 6.07) is 0.647. The molecule has 1 fully saturated rings. The van der Waals surface area contributed by atoms with E-state index in [0.717, 1.165) is 26.2 Å². The van der Waals surface area contributed by atoms with Crippen LogP contribution in [-0.4, -0.2) is 49.3 Å². The summed E-state index contributed by atoms with van der Waals surface area (Å²) in [4.78, 5) is 2.55. The molecule has 17 heavy (non-hydrogen) atoms. The van der Waals surface area contributed by atoms with Gasteiger partial charge in [-0.05, 0) is 33.2 Å². The van der Waals surface area contributed by atoms with Gasteiger partial charge in [0.25, 0.3) is 0 Å². The van der Waals surface area contributed by atoms with Gasteiger partial charge in [-0.25, -0.2) is 0 Å². The van der Waals surface area contributed by atoms with Gasteiger partial charge in [0.05, 0.1) is 12.2 Å². The van der Waals surface area contributed by atoms with E-state index in [1.165, 1.54) is 25.8 Å². The number of nitrogens with one attached hydrogen (secondary N) is 1. The first-order valence-corrected chi connectivity index (χ1v) is 7.17. The molecule has 1 heterocycles. The topological polar surface area (TPSA) is 24.5 Å². The Hall–Kier alpha value is -0.120. The summed E-state index contributed by atoms with van der Waals surface area (Å²) in [5, 5.41) is 3.66. The number of hydrogen-bond donors (Lipinski definition) is 1. The van der Waals surface area contributed by atoms with E-state index in [4.69, 9.17) is 4.74 Å². The van der Waals surface area contributed by atoms with Gasteiger partial charge in [-0.3, -0.25) is 4.90 Å². The van der Waals surface area contributed by atoms with E-state index in [-0.39, 0.29) is 5.60 Å². The molecule has 1 rings (SSSR count). The van der Waals surface area contributed by atoms with Crippen LogP contribution in [-0.2, 0) is 4.74 Å². The van der Waals surface area contributed by atoms with Crippen molar-refractivity contribution in [3.05, 3.63) is 0 Å². The van der Waals surface area contributed by atoms with Crippen LogP contribution in [0.3, 0.4) is 0 Å². The predicted molar refractivity (Wildman–Crippen MR) is 73.5 cm³/mol. The smallest absolute Gasteiger partial charge is 0.0753 e. The molecule has 0 aromatic rings. The largest absolute Gasteiger partial charge is 0.373 e. The minimum atomic E-state index is 0.0276. The summed E-state index contributed by atoms with van der Waals surface area (Å²) in [6.07, 6.45) is 3.75. The van der Waals surface area contributed by atoms with Crippen LogP contribution in [0.2, 0.25) is 0 Å². The third-order valence-electron chi connectivity index (χ3n) is 3.30. The fourth-order valence-corrected chi connectivity index (χ4v) is 2.54. The van der Waals surface area contributed by atoms with E-state index in [0.29, 0.717) is 6.04 Å². The molecule has 0 amide bonds. The first-order chi connectivity index (χ1) is 8.07. The van der Waals surface area contributed by atoms with Gasteiger partial charge in [0.1, 0.15) is 0 Å².